The van der Waals surface area contributed by atoms with Crippen molar-refractivity contribution < 1.29 is 13.2 Å². The summed E-state index contributed by atoms with van der Waals surface area (Å²) in [5.74, 6) is 0. The third-order valence-corrected chi connectivity index (χ3v) is 3.60. The van der Waals surface area contributed by atoms with E-state index in [9.17, 15) is 13.2 Å². The van der Waals surface area contributed by atoms with Gasteiger partial charge in [-0.1, -0.05) is 27.7 Å². The van der Waals surface area contributed by atoms with Crippen LogP contribution in [0.1, 0.15) is 66.7 Å². The number of halogens is 3. The quantitative estimate of drug-likeness (QED) is 0.557. The molecule has 2 bridgehead atoms. The minimum Gasteiger partial charge on any atom is -0.244 e. The molecule has 2 fully saturated rings. The predicted molar refractivity (Wildman–Crippen MR) is 65.4 cm³/mol. The van der Waals surface area contributed by atoms with Crippen molar-refractivity contribution >= 4 is 0 Å². The predicted octanol–water partition coefficient (Wildman–Crippen LogP) is 5.16. The molecular weight excluding hydrogens is 225 g/mol. The maximum absolute atomic E-state index is 14.4. The average molecular weight is 250 g/mol. The zero-order valence-electron chi connectivity index (χ0n) is 11.7. The number of fused-ring (bicyclic) bond motifs is 2. The first-order chi connectivity index (χ1) is 7.54. The molecule has 17 heavy (non-hydrogen) atoms. The summed E-state index contributed by atoms with van der Waals surface area (Å²) >= 11 is 0. The Morgan fingerprint density at radius 1 is 0.647 bits per heavy atom. The van der Waals surface area contributed by atoms with Gasteiger partial charge in [-0.2, -0.15) is 0 Å². The van der Waals surface area contributed by atoms with E-state index in [1.165, 1.54) is 6.92 Å². The lowest BCUT2D eigenvalue weighted by Crippen LogP contribution is -2.56. The molecule has 0 aromatic carbocycles. The summed E-state index contributed by atoms with van der Waals surface area (Å²) in [4.78, 5) is 0. The van der Waals surface area contributed by atoms with Crippen molar-refractivity contribution in [3.05, 3.63) is 0 Å². The van der Waals surface area contributed by atoms with Crippen LogP contribution < -0.4 is 0 Å². The molecule has 0 saturated heterocycles. The van der Waals surface area contributed by atoms with Gasteiger partial charge in [0.2, 0.25) is 0 Å². The van der Waals surface area contributed by atoms with Crippen molar-refractivity contribution in [2.45, 2.75) is 83.7 Å². The van der Waals surface area contributed by atoms with Crippen LogP contribution in [0.5, 0.6) is 0 Å². The molecule has 0 radical (unpaired) electrons. The smallest absolute Gasteiger partial charge is 0.117 e. The van der Waals surface area contributed by atoms with E-state index in [4.69, 9.17) is 0 Å². The molecule has 2 unspecified atom stereocenters. The minimum atomic E-state index is -1.68. The molecule has 2 rings (SSSR count). The molecular formula is C14H25F3. The van der Waals surface area contributed by atoms with E-state index in [1.54, 1.807) is 0 Å². The molecule has 2 aliphatic rings. The Kier molecular flexibility index (Phi) is 3.64. The maximum atomic E-state index is 14.4. The zero-order valence-corrected chi connectivity index (χ0v) is 11.7. The van der Waals surface area contributed by atoms with Gasteiger partial charge in [-0.25, -0.2) is 13.2 Å². The second kappa shape index (κ2) is 4.17. The third kappa shape index (κ3) is 3.38. The monoisotopic (exact) mass is 250 g/mol. The van der Waals surface area contributed by atoms with Gasteiger partial charge in [0.25, 0.3) is 0 Å². The van der Waals surface area contributed by atoms with Crippen LogP contribution in [-0.4, -0.2) is 17.0 Å². The largest absolute Gasteiger partial charge is 0.244 e. The highest BCUT2D eigenvalue weighted by Gasteiger charge is 2.60. The van der Waals surface area contributed by atoms with Crippen LogP contribution in [0.15, 0.2) is 0 Å². The summed E-state index contributed by atoms with van der Waals surface area (Å²) in [6.07, 6.45) is 0.170. The van der Waals surface area contributed by atoms with Gasteiger partial charge in [0.05, 0.1) is 0 Å². The lowest BCUT2D eigenvalue weighted by molar-refractivity contribution is -0.143. The van der Waals surface area contributed by atoms with Crippen LogP contribution >= 0.6 is 0 Å². The third-order valence-electron chi connectivity index (χ3n) is 3.60. The molecule has 0 heterocycles. The molecule has 0 aliphatic heterocycles. The van der Waals surface area contributed by atoms with Gasteiger partial charge in [0.1, 0.15) is 17.0 Å². The SMILES string of the molecule is CC.CC1(C)CC2(F)CC(C)(F)CC(F)(C1)C2. The van der Waals surface area contributed by atoms with E-state index >= 15 is 0 Å². The summed E-state index contributed by atoms with van der Waals surface area (Å²) in [7, 11) is 0. The first-order valence-corrected chi connectivity index (χ1v) is 6.60. The summed E-state index contributed by atoms with van der Waals surface area (Å²) in [6, 6.07) is 0. The first kappa shape index (κ1) is 14.8. The van der Waals surface area contributed by atoms with Gasteiger partial charge >= 0.3 is 0 Å². The summed E-state index contributed by atoms with van der Waals surface area (Å²) < 4.78 is 42.6. The van der Waals surface area contributed by atoms with Crippen molar-refractivity contribution in [2.24, 2.45) is 5.41 Å². The van der Waals surface area contributed by atoms with Crippen molar-refractivity contribution in [2.75, 3.05) is 0 Å². The van der Waals surface area contributed by atoms with Gasteiger partial charge in [-0.3, -0.25) is 0 Å². The lowest BCUT2D eigenvalue weighted by atomic mass is 9.56. The van der Waals surface area contributed by atoms with E-state index < -0.39 is 17.0 Å². The topological polar surface area (TPSA) is 0 Å². The Hall–Kier alpha value is -0.210. The van der Waals surface area contributed by atoms with Gasteiger partial charge in [-0.15, -0.1) is 0 Å². The summed E-state index contributed by atoms with van der Waals surface area (Å²) in [6.45, 7) is 9.07. The van der Waals surface area contributed by atoms with Crippen molar-refractivity contribution in [1.82, 2.24) is 0 Å². The van der Waals surface area contributed by atoms with Crippen LogP contribution in [0.25, 0.3) is 0 Å². The number of rotatable bonds is 0. The van der Waals surface area contributed by atoms with E-state index in [1.807, 2.05) is 27.7 Å². The van der Waals surface area contributed by atoms with Crippen molar-refractivity contribution in [3.63, 3.8) is 0 Å². The maximum Gasteiger partial charge on any atom is 0.117 e. The number of hydrogen-bond acceptors (Lipinski definition) is 0. The highest BCUT2D eigenvalue weighted by atomic mass is 19.2. The molecule has 0 amide bonds. The van der Waals surface area contributed by atoms with Gasteiger partial charge in [0, 0.05) is 19.3 Å². The standard InChI is InChI=1S/C12H19F3.C2H6/c1-9(2)4-11(14)6-10(3,13)7-12(15,5-9)8-11;1-2/h4-8H2,1-3H3;1-2H3. The molecule has 102 valence electrons. The second-order valence-corrected chi connectivity index (χ2v) is 6.76. The molecule has 0 spiro atoms. The zero-order chi connectivity index (χ0) is 13.5. The van der Waals surface area contributed by atoms with Crippen LogP contribution in [0.2, 0.25) is 0 Å². The molecule has 0 aromatic heterocycles. The molecule has 3 heteroatoms. The van der Waals surface area contributed by atoms with E-state index in [0.717, 1.165) is 0 Å². The van der Waals surface area contributed by atoms with Gasteiger partial charge in [0.15, 0.2) is 0 Å². The number of alkyl halides is 3. The highest BCUT2D eigenvalue weighted by molar-refractivity contribution is 5.11. The first-order valence-electron chi connectivity index (χ1n) is 6.60. The van der Waals surface area contributed by atoms with Crippen LogP contribution in [-0.2, 0) is 0 Å². The fraction of sp³-hybridized carbons (Fsp3) is 1.00. The minimum absolute atomic E-state index is 0.108. The van der Waals surface area contributed by atoms with Crippen molar-refractivity contribution in [3.8, 4) is 0 Å². The molecule has 2 atom stereocenters. The molecule has 0 nitrogen and oxygen atoms in total. The van der Waals surface area contributed by atoms with E-state index in [0.29, 0.717) is 0 Å². The molecule has 2 saturated carbocycles. The highest BCUT2D eigenvalue weighted by Crippen LogP contribution is 2.59. The molecule has 0 aromatic rings. The Morgan fingerprint density at radius 3 is 1.35 bits per heavy atom. The van der Waals surface area contributed by atoms with Crippen LogP contribution in [0.3, 0.4) is 0 Å². The second-order valence-electron chi connectivity index (χ2n) is 6.76. The van der Waals surface area contributed by atoms with Gasteiger partial charge in [-0.05, 0) is 25.2 Å². The van der Waals surface area contributed by atoms with Crippen LogP contribution in [0.4, 0.5) is 13.2 Å². The van der Waals surface area contributed by atoms with Crippen LogP contribution in [0, 0.1) is 5.41 Å². The lowest BCUT2D eigenvalue weighted by Gasteiger charge is -2.53. The van der Waals surface area contributed by atoms with Crippen molar-refractivity contribution in [1.29, 1.82) is 0 Å². The van der Waals surface area contributed by atoms with Gasteiger partial charge < -0.3 is 0 Å². The molecule has 0 N–H and O–H groups in total. The Balaban J connectivity index is 0.000000686. The Bertz CT molecular complexity index is 226. The van der Waals surface area contributed by atoms with E-state index in [-0.39, 0.29) is 37.5 Å². The molecule has 2 aliphatic carbocycles. The fourth-order valence-corrected chi connectivity index (χ4v) is 4.10. The summed E-state index contributed by atoms with van der Waals surface area (Å²) in [5.41, 5.74) is -5.31. The number of hydrogen-bond donors (Lipinski definition) is 0. The summed E-state index contributed by atoms with van der Waals surface area (Å²) in [5, 5.41) is 0. The Labute approximate surface area is 103 Å². The Morgan fingerprint density at radius 2 is 1.00 bits per heavy atom. The van der Waals surface area contributed by atoms with E-state index in [2.05, 4.69) is 0 Å². The average Bonchev–Trinajstić information content (AvgIpc) is 1.94. The fourth-order valence-electron chi connectivity index (χ4n) is 4.10. The normalized spacial score (nSPS) is 48.0.